The number of carbonyl (C=O) groups is 3. The maximum atomic E-state index is 12.7. The summed E-state index contributed by atoms with van der Waals surface area (Å²) < 4.78 is 25.9. The second kappa shape index (κ2) is 21.0. The zero-order chi connectivity index (χ0) is 49.6. The lowest BCUT2D eigenvalue weighted by molar-refractivity contribution is 0.0524. The number of aryl methyl sites for hydroxylation is 3. The van der Waals surface area contributed by atoms with Crippen molar-refractivity contribution in [2.75, 3.05) is 43.5 Å². The van der Waals surface area contributed by atoms with Crippen LogP contribution in [-0.4, -0.2) is 75.1 Å². The number of hydrogen-bond acceptors (Lipinski definition) is 11. The highest BCUT2D eigenvalue weighted by Gasteiger charge is 2.30. The number of methoxy groups -OCH3 is 3. The van der Waals surface area contributed by atoms with Gasteiger partial charge < -0.3 is 34.5 Å². The summed E-state index contributed by atoms with van der Waals surface area (Å²) in [5, 5.41) is 16.3. The van der Waals surface area contributed by atoms with Gasteiger partial charge in [0.05, 0.1) is 81.7 Å². The van der Waals surface area contributed by atoms with E-state index in [4.69, 9.17) is 24.7 Å². The molecule has 9 aromatic rings. The molecule has 0 bridgehead atoms. The van der Waals surface area contributed by atoms with Crippen molar-refractivity contribution < 1.29 is 33.3 Å². The topological polar surface area (TPSA) is 174 Å². The van der Waals surface area contributed by atoms with Crippen LogP contribution < -0.4 is 29.7 Å². The lowest BCUT2D eigenvalue weighted by Crippen LogP contribution is -2.22. The first-order chi connectivity index (χ1) is 33.8. The van der Waals surface area contributed by atoms with E-state index in [0.29, 0.717) is 59.0 Å². The third-order valence-electron chi connectivity index (χ3n) is 12.1. The number of benzene rings is 6. The predicted octanol–water partition coefficient (Wildman–Crippen LogP) is 9.41. The minimum Gasteiger partial charge on any atom is -0.497 e. The van der Waals surface area contributed by atoms with Crippen LogP contribution in [0.1, 0.15) is 54.7 Å². The molecule has 16 nitrogen and oxygen atoms in total. The molecule has 0 saturated heterocycles. The number of nitrogens with two attached hydrogens (primary N) is 1. The Morgan fingerprint density at radius 3 is 1.46 bits per heavy atom. The van der Waals surface area contributed by atoms with Gasteiger partial charge in [0.25, 0.3) is 11.8 Å². The summed E-state index contributed by atoms with van der Waals surface area (Å²) in [5.74, 6) is 1.77. The van der Waals surface area contributed by atoms with Crippen molar-refractivity contribution in [3.05, 3.63) is 161 Å². The van der Waals surface area contributed by atoms with E-state index in [1.165, 1.54) is 0 Å². The summed E-state index contributed by atoms with van der Waals surface area (Å²) in [6.07, 6.45) is 5.44. The number of alkyl halides is 1. The van der Waals surface area contributed by atoms with Gasteiger partial charge in [0.15, 0.2) is 0 Å². The molecule has 358 valence electrons. The molecular formula is C53H52BrN9O7. The van der Waals surface area contributed by atoms with E-state index < -0.39 is 0 Å². The summed E-state index contributed by atoms with van der Waals surface area (Å²) in [5.41, 5.74) is 16.3. The molecule has 17 heteroatoms. The van der Waals surface area contributed by atoms with Gasteiger partial charge in [0.2, 0.25) is 0 Å². The Labute approximate surface area is 412 Å². The minimum absolute atomic E-state index is 0.0112. The molecule has 0 spiro atoms. The molecule has 0 radical (unpaired) electrons. The first kappa shape index (κ1) is 48.3. The van der Waals surface area contributed by atoms with E-state index in [1.807, 2.05) is 145 Å². The summed E-state index contributed by atoms with van der Waals surface area (Å²) in [4.78, 5) is 40.5. The third-order valence-corrected chi connectivity index (χ3v) is 12.7. The molecular weight excluding hydrogens is 955 g/mol. The number of carbonyl (C=O) groups excluding carboxylic acids is 3. The number of nitrogens with zero attached hydrogens (tertiary/aromatic N) is 8. The molecule has 3 aromatic heterocycles. The number of amides is 2. The maximum Gasteiger partial charge on any atom is 0.338 e. The molecule has 2 aliphatic rings. The lowest BCUT2D eigenvalue weighted by atomic mass is 10.1. The second-order valence-corrected chi connectivity index (χ2v) is 16.9. The van der Waals surface area contributed by atoms with Gasteiger partial charge in [-0.3, -0.25) is 23.6 Å². The van der Waals surface area contributed by atoms with Gasteiger partial charge in [-0.15, -0.1) is 0 Å². The van der Waals surface area contributed by atoms with Crippen LogP contribution in [0.5, 0.6) is 17.2 Å². The van der Waals surface area contributed by atoms with Crippen LogP contribution in [0.2, 0.25) is 0 Å². The smallest absolute Gasteiger partial charge is 0.338 e. The van der Waals surface area contributed by atoms with Crippen LogP contribution in [0.3, 0.4) is 0 Å². The number of fused-ring (bicyclic) bond motifs is 5. The highest BCUT2D eigenvalue weighted by atomic mass is 79.9. The zero-order valence-corrected chi connectivity index (χ0v) is 41.4. The van der Waals surface area contributed by atoms with Crippen molar-refractivity contribution in [2.45, 2.75) is 25.3 Å². The Kier molecular flexibility index (Phi) is 14.5. The first-order valence-corrected chi connectivity index (χ1v) is 23.3. The normalized spacial score (nSPS) is 12.4. The van der Waals surface area contributed by atoms with Gasteiger partial charge in [-0.25, -0.2) is 4.79 Å². The first-order valence-electron chi connectivity index (χ1n) is 22.2. The largest absolute Gasteiger partial charge is 0.497 e. The summed E-state index contributed by atoms with van der Waals surface area (Å²) >= 11 is 3.33. The monoisotopic (exact) mass is 1010 g/mol. The number of anilines is 3. The van der Waals surface area contributed by atoms with Crippen molar-refractivity contribution in [2.24, 2.45) is 21.1 Å². The van der Waals surface area contributed by atoms with Crippen molar-refractivity contribution >= 4 is 83.5 Å². The number of nitrogen functional groups attached to an aromatic ring is 1. The Balaban J connectivity index is 0.000000130. The van der Waals surface area contributed by atoms with E-state index in [0.717, 1.165) is 66.5 Å². The quantitative estimate of drug-likeness (QED) is 0.0873. The Morgan fingerprint density at radius 1 is 0.586 bits per heavy atom. The molecule has 0 atom stereocenters. The van der Waals surface area contributed by atoms with E-state index in [-0.39, 0.29) is 17.8 Å². The second-order valence-electron chi connectivity index (χ2n) is 16.3. The summed E-state index contributed by atoms with van der Waals surface area (Å²) in [7, 11) is 10.5. The number of aromatic nitrogens is 6. The highest BCUT2D eigenvalue weighted by Crippen LogP contribution is 2.34. The molecule has 5 heterocycles. The Hall–Kier alpha value is -8.18. The van der Waals surface area contributed by atoms with Crippen molar-refractivity contribution in [3.8, 4) is 17.2 Å². The molecule has 0 fully saturated rings. The number of hydrogen-bond donors (Lipinski definition) is 1. The maximum absolute atomic E-state index is 12.7. The molecule has 0 unspecified atom stereocenters. The molecule has 0 aliphatic carbocycles. The SMILES string of the molecule is CCOC(=O)c1cc(OC)ccc1CBr.COc1ccc2c(c1)C(=O)N(c1ccc3c(cnn3C)c1)C2.COc1ccc2c(c1)C(=O)N(c1ccc3c(cnn3C)c1)C2.Cn1ncc2cc(N)ccc21. The van der Waals surface area contributed by atoms with Crippen molar-refractivity contribution in [3.63, 3.8) is 0 Å². The highest BCUT2D eigenvalue weighted by molar-refractivity contribution is 9.08. The Bertz CT molecular complexity index is 3250. The van der Waals surface area contributed by atoms with Crippen LogP contribution in [0.4, 0.5) is 17.1 Å². The zero-order valence-electron chi connectivity index (χ0n) is 39.8. The van der Waals surface area contributed by atoms with Crippen molar-refractivity contribution in [1.29, 1.82) is 0 Å². The van der Waals surface area contributed by atoms with Crippen molar-refractivity contribution in [1.82, 2.24) is 29.3 Å². The molecule has 6 aromatic carbocycles. The fourth-order valence-corrected chi connectivity index (χ4v) is 8.74. The average molecular weight is 1010 g/mol. The molecule has 70 heavy (non-hydrogen) atoms. The Morgan fingerprint density at radius 2 is 1.01 bits per heavy atom. The van der Waals surface area contributed by atoms with E-state index in [1.54, 1.807) is 56.3 Å². The molecule has 2 N–H and O–H groups in total. The number of rotatable bonds is 8. The average Bonchev–Trinajstić information content (AvgIpc) is 4.21. The number of ether oxygens (including phenoxy) is 4. The van der Waals surface area contributed by atoms with Crippen LogP contribution in [0.15, 0.2) is 128 Å². The van der Waals surface area contributed by atoms with Crippen LogP contribution in [-0.2, 0) is 44.3 Å². The van der Waals surface area contributed by atoms with E-state index in [2.05, 4.69) is 31.2 Å². The molecule has 0 saturated carbocycles. The van der Waals surface area contributed by atoms with Crippen LogP contribution >= 0.6 is 15.9 Å². The fraction of sp³-hybridized carbons (Fsp3) is 0.208. The van der Waals surface area contributed by atoms with Crippen LogP contribution in [0, 0.1) is 0 Å². The fourth-order valence-electron chi connectivity index (χ4n) is 8.25. The minimum atomic E-state index is -0.314. The van der Waals surface area contributed by atoms with Gasteiger partial charge in [-0.1, -0.05) is 34.1 Å². The van der Waals surface area contributed by atoms with E-state index in [9.17, 15) is 14.4 Å². The van der Waals surface area contributed by atoms with Gasteiger partial charge >= 0.3 is 5.97 Å². The van der Waals surface area contributed by atoms with Gasteiger partial charge in [-0.2, -0.15) is 15.3 Å². The lowest BCUT2D eigenvalue weighted by Gasteiger charge is -2.15. The molecule has 11 rings (SSSR count). The standard InChI is InChI=1S/2C17H15N3O2.C11H13BrO3.C8H9N3/c2*1-19-16-6-4-13(7-12(16)9-18-19)20-10-11-3-5-14(22-2)8-15(11)17(20)21;1-3-15-11(13)10-6-9(14-2)5-4-8(10)7-12;1-11-8-3-2-7(9)4-6(8)5-10-11/h2*3-9H,10H2,1-2H3;4-6H,3,7H2,1-2H3;2-5H,9H2,1H3. The summed E-state index contributed by atoms with van der Waals surface area (Å²) in [6, 6.07) is 34.3. The van der Waals surface area contributed by atoms with Gasteiger partial charge in [0, 0.05) is 70.8 Å². The summed E-state index contributed by atoms with van der Waals surface area (Å²) in [6.45, 7) is 3.33. The number of halogens is 1. The predicted molar refractivity (Wildman–Crippen MR) is 275 cm³/mol. The molecule has 2 amide bonds. The third kappa shape index (κ3) is 10.0. The van der Waals surface area contributed by atoms with Crippen LogP contribution in [0.25, 0.3) is 32.7 Å². The van der Waals surface area contributed by atoms with Gasteiger partial charge in [0.1, 0.15) is 17.2 Å². The van der Waals surface area contributed by atoms with Gasteiger partial charge in [-0.05, 0) is 115 Å². The van der Waals surface area contributed by atoms with E-state index >= 15 is 0 Å². The molecule has 2 aliphatic heterocycles. The number of esters is 1.